The molecular formula is C10H16N2O2S. The number of rotatable bonds is 5. The normalized spacial score (nSPS) is 13.7. The molecule has 15 heavy (non-hydrogen) atoms. The quantitative estimate of drug-likeness (QED) is 0.809. The Morgan fingerprint density at radius 1 is 1.40 bits per heavy atom. The summed E-state index contributed by atoms with van der Waals surface area (Å²) < 4.78 is 21.8. The average molecular weight is 228 g/mol. The van der Waals surface area contributed by atoms with Crippen LogP contribution >= 0.6 is 0 Å². The summed E-state index contributed by atoms with van der Waals surface area (Å²) >= 11 is 0. The van der Waals surface area contributed by atoms with Crippen LogP contribution in [0.2, 0.25) is 0 Å². The third-order valence-corrected chi connectivity index (χ3v) is 3.08. The van der Waals surface area contributed by atoms with Gasteiger partial charge in [-0.2, -0.15) is 0 Å². The molecule has 0 aliphatic rings. The minimum absolute atomic E-state index is 0.148. The first kappa shape index (κ1) is 12.1. The summed E-state index contributed by atoms with van der Waals surface area (Å²) in [6.45, 7) is 2.47. The van der Waals surface area contributed by atoms with Gasteiger partial charge in [0.05, 0.1) is 5.75 Å². The van der Waals surface area contributed by atoms with Crippen LogP contribution in [0.25, 0.3) is 0 Å². The fourth-order valence-electron chi connectivity index (χ4n) is 1.23. The second kappa shape index (κ2) is 5.23. The molecule has 1 heterocycles. The number of aromatic nitrogens is 1. The van der Waals surface area contributed by atoms with E-state index in [0.717, 1.165) is 5.56 Å². The lowest BCUT2D eigenvalue weighted by molar-refractivity contribution is 0.575. The van der Waals surface area contributed by atoms with Gasteiger partial charge in [-0.05, 0) is 24.6 Å². The van der Waals surface area contributed by atoms with Gasteiger partial charge in [-0.15, -0.1) is 0 Å². The van der Waals surface area contributed by atoms with Gasteiger partial charge in [-0.1, -0.05) is 0 Å². The lowest BCUT2D eigenvalue weighted by atomic mass is 10.1. The Morgan fingerprint density at radius 3 is 2.53 bits per heavy atom. The number of sulfone groups is 1. The third-order valence-electron chi connectivity index (χ3n) is 2.13. The van der Waals surface area contributed by atoms with E-state index in [1.54, 1.807) is 12.4 Å². The van der Waals surface area contributed by atoms with Gasteiger partial charge >= 0.3 is 0 Å². The highest BCUT2D eigenvalue weighted by Crippen LogP contribution is 2.09. The third kappa shape index (κ3) is 4.90. The van der Waals surface area contributed by atoms with E-state index < -0.39 is 9.84 Å². The molecule has 5 heteroatoms. The van der Waals surface area contributed by atoms with Crippen molar-refractivity contribution in [3.8, 4) is 0 Å². The van der Waals surface area contributed by atoms with Crippen LogP contribution < -0.4 is 5.32 Å². The van der Waals surface area contributed by atoms with Gasteiger partial charge in [0, 0.05) is 31.2 Å². The molecule has 0 aliphatic heterocycles. The van der Waals surface area contributed by atoms with Crippen molar-refractivity contribution in [2.75, 3.05) is 18.6 Å². The van der Waals surface area contributed by atoms with Crippen molar-refractivity contribution >= 4 is 9.84 Å². The fraction of sp³-hybridized carbons (Fsp3) is 0.500. The molecule has 84 valence electrons. The molecule has 0 spiro atoms. The molecule has 0 radical (unpaired) electrons. The van der Waals surface area contributed by atoms with E-state index in [9.17, 15) is 8.42 Å². The van der Waals surface area contributed by atoms with Crippen molar-refractivity contribution in [1.82, 2.24) is 10.3 Å². The van der Waals surface area contributed by atoms with Crippen LogP contribution in [0.1, 0.15) is 18.5 Å². The summed E-state index contributed by atoms with van der Waals surface area (Å²) in [5, 5.41) is 3.15. The molecule has 1 aromatic rings. The number of pyridine rings is 1. The molecule has 1 atom stereocenters. The fourth-order valence-corrected chi connectivity index (χ4v) is 1.72. The maximum Gasteiger partial charge on any atom is 0.148 e. The summed E-state index contributed by atoms with van der Waals surface area (Å²) in [6, 6.07) is 3.98. The molecule has 1 aromatic heterocycles. The van der Waals surface area contributed by atoms with E-state index in [2.05, 4.69) is 10.3 Å². The zero-order chi connectivity index (χ0) is 11.3. The SMILES string of the molecule is C[C@H](NCCS(C)(=O)=O)c1ccncc1. The predicted molar refractivity (Wildman–Crippen MR) is 60.4 cm³/mol. The first-order valence-corrected chi connectivity index (χ1v) is 6.86. The minimum atomic E-state index is -2.88. The number of hydrogen-bond acceptors (Lipinski definition) is 4. The molecule has 0 saturated heterocycles. The van der Waals surface area contributed by atoms with E-state index >= 15 is 0 Å². The molecule has 0 amide bonds. The molecule has 0 fully saturated rings. The Kier molecular flexibility index (Phi) is 4.23. The van der Waals surface area contributed by atoms with E-state index in [1.807, 2.05) is 19.1 Å². The Labute approximate surface area is 90.7 Å². The standard InChI is InChI=1S/C10H16N2O2S/c1-9(10-3-5-11-6-4-10)12-7-8-15(2,13)14/h3-6,9,12H,7-8H2,1-2H3/t9-/m0/s1. The van der Waals surface area contributed by atoms with Crippen LogP contribution in [0.5, 0.6) is 0 Å². The lowest BCUT2D eigenvalue weighted by Crippen LogP contribution is -2.25. The zero-order valence-electron chi connectivity index (χ0n) is 8.97. The Morgan fingerprint density at radius 2 is 2.00 bits per heavy atom. The van der Waals surface area contributed by atoms with Crippen molar-refractivity contribution in [2.45, 2.75) is 13.0 Å². The first-order valence-electron chi connectivity index (χ1n) is 4.80. The van der Waals surface area contributed by atoms with Gasteiger partial charge in [0.15, 0.2) is 0 Å². The Balaban J connectivity index is 2.41. The van der Waals surface area contributed by atoms with Crippen molar-refractivity contribution in [3.63, 3.8) is 0 Å². The highest BCUT2D eigenvalue weighted by molar-refractivity contribution is 7.90. The van der Waals surface area contributed by atoms with Gasteiger partial charge < -0.3 is 5.32 Å². The summed E-state index contributed by atoms with van der Waals surface area (Å²) in [5.74, 6) is 0.169. The van der Waals surface area contributed by atoms with Crippen molar-refractivity contribution in [1.29, 1.82) is 0 Å². The van der Waals surface area contributed by atoms with Crippen molar-refractivity contribution in [2.24, 2.45) is 0 Å². The molecule has 0 bridgehead atoms. The average Bonchev–Trinajstić information content (AvgIpc) is 2.17. The van der Waals surface area contributed by atoms with Crippen LogP contribution in [-0.4, -0.2) is 32.0 Å². The minimum Gasteiger partial charge on any atom is -0.309 e. The lowest BCUT2D eigenvalue weighted by Gasteiger charge is -2.13. The molecule has 0 aliphatic carbocycles. The Bertz CT molecular complexity index is 389. The van der Waals surface area contributed by atoms with Gasteiger partial charge in [-0.25, -0.2) is 8.42 Å². The summed E-state index contributed by atoms with van der Waals surface area (Å²) in [7, 11) is -2.88. The van der Waals surface area contributed by atoms with Gasteiger partial charge in [0.1, 0.15) is 9.84 Å². The van der Waals surface area contributed by atoms with Crippen LogP contribution in [0, 0.1) is 0 Å². The molecule has 0 aromatic carbocycles. The van der Waals surface area contributed by atoms with Gasteiger partial charge in [0.2, 0.25) is 0 Å². The zero-order valence-corrected chi connectivity index (χ0v) is 9.79. The maximum atomic E-state index is 10.9. The topological polar surface area (TPSA) is 59.1 Å². The second-order valence-electron chi connectivity index (χ2n) is 3.59. The van der Waals surface area contributed by atoms with E-state index in [-0.39, 0.29) is 11.8 Å². The largest absolute Gasteiger partial charge is 0.309 e. The summed E-state index contributed by atoms with van der Waals surface area (Å²) in [5.41, 5.74) is 1.11. The maximum absolute atomic E-state index is 10.9. The van der Waals surface area contributed by atoms with Crippen molar-refractivity contribution in [3.05, 3.63) is 30.1 Å². The van der Waals surface area contributed by atoms with Crippen molar-refractivity contribution < 1.29 is 8.42 Å². The molecule has 4 nitrogen and oxygen atoms in total. The predicted octanol–water partition coefficient (Wildman–Crippen LogP) is 0.777. The number of hydrogen-bond donors (Lipinski definition) is 1. The summed E-state index contributed by atoms with van der Waals surface area (Å²) in [6.07, 6.45) is 4.69. The number of nitrogens with one attached hydrogen (secondary N) is 1. The van der Waals surface area contributed by atoms with Crippen LogP contribution in [0.3, 0.4) is 0 Å². The first-order chi connectivity index (χ1) is 6.99. The highest BCUT2D eigenvalue weighted by atomic mass is 32.2. The van der Waals surface area contributed by atoms with Gasteiger partial charge in [-0.3, -0.25) is 4.98 Å². The Hall–Kier alpha value is -0.940. The number of nitrogens with zero attached hydrogens (tertiary/aromatic N) is 1. The van der Waals surface area contributed by atoms with E-state index in [0.29, 0.717) is 6.54 Å². The van der Waals surface area contributed by atoms with Gasteiger partial charge in [0.25, 0.3) is 0 Å². The summed E-state index contributed by atoms with van der Waals surface area (Å²) in [4.78, 5) is 3.92. The van der Waals surface area contributed by atoms with E-state index in [4.69, 9.17) is 0 Å². The highest BCUT2D eigenvalue weighted by Gasteiger charge is 2.06. The molecule has 0 unspecified atom stereocenters. The molecule has 1 N–H and O–H groups in total. The second-order valence-corrected chi connectivity index (χ2v) is 5.85. The van der Waals surface area contributed by atoms with Crippen LogP contribution in [0.4, 0.5) is 0 Å². The van der Waals surface area contributed by atoms with Crippen LogP contribution in [-0.2, 0) is 9.84 Å². The molecule has 0 saturated carbocycles. The van der Waals surface area contributed by atoms with Crippen LogP contribution in [0.15, 0.2) is 24.5 Å². The monoisotopic (exact) mass is 228 g/mol. The molecular weight excluding hydrogens is 212 g/mol. The smallest absolute Gasteiger partial charge is 0.148 e. The molecule has 1 rings (SSSR count). The van der Waals surface area contributed by atoms with E-state index in [1.165, 1.54) is 6.26 Å².